The van der Waals surface area contributed by atoms with Crippen molar-refractivity contribution >= 4 is 68.2 Å². The molecule has 17 heteroatoms. The minimum absolute atomic E-state index is 0.276. The molecule has 5 rings (SSSR count). The lowest BCUT2D eigenvalue weighted by molar-refractivity contribution is 0.0701. The number of pyridine rings is 2. The number of fused-ring (bicyclic) bond motifs is 6. The molecule has 0 aliphatic carbocycles. The molecule has 0 aliphatic rings. The molecule has 0 unspecified atom stereocenters. The number of anilines is 1. The van der Waals surface area contributed by atoms with Gasteiger partial charge in [-0.25, -0.2) is 19.5 Å². The molecule has 4 amide bonds. The Morgan fingerprint density at radius 3 is 1.54 bits per heavy atom. The van der Waals surface area contributed by atoms with Crippen LogP contribution in [0.3, 0.4) is 0 Å². The summed E-state index contributed by atoms with van der Waals surface area (Å²) in [6, 6.07) is 14.8. The van der Waals surface area contributed by atoms with Gasteiger partial charge in [-0.1, -0.05) is 0 Å². The number of urea groups is 2. The van der Waals surface area contributed by atoms with Gasteiger partial charge in [-0.15, -0.1) is 0 Å². The number of hydrogen-bond donors (Lipinski definition) is 3. The van der Waals surface area contributed by atoms with Gasteiger partial charge >= 0.3 is 29.7 Å². The molecule has 56 heavy (non-hydrogen) atoms. The highest BCUT2D eigenvalue weighted by Crippen LogP contribution is 2.33. The maximum absolute atomic E-state index is 13.8. The lowest BCUT2D eigenvalue weighted by Crippen LogP contribution is -2.50. The Hall–Kier alpha value is -4.34. The smallest absolute Gasteiger partial charge is 0.374 e. The molecule has 0 aliphatic heterocycles. The van der Waals surface area contributed by atoms with E-state index >= 15 is 0 Å². The Morgan fingerprint density at radius 1 is 0.625 bits per heavy atom. The van der Waals surface area contributed by atoms with Crippen molar-refractivity contribution < 1.29 is 36.1 Å². The van der Waals surface area contributed by atoms with Gasteiger partial charge in [-0.05, 0) is 103 Å². The Bertz CT molecular complexity index is 1880. The summed E-state index contributed by atoms with van der Waals surface area (Å²) in [5.74, 6) is 0.629. The molecule has 0 fully saturated rings. The van der Waals surface area contributed by atoms with Gasteiger partial charge in [0.15, 0.2) is 0 Å². The van der Waals surface area contributed by atoms with Crippen molar-refractivity contribution in [2.24, 2.45) is 0 Å². The summed E-state index contributed by atoms with van der Waals surface area (Å²) in [6.07, 6.45) is 4.57. The molecule has 15 nitrogen and oxygen atoms in total. The van der Waals surface area contributed by atoms with Gasteiger partial charge in [0, 0.05) is 93.5 Å². The normalized spacial score (nSPS) is 12.1. The lowest BCUT2D eigenvalue weighted by Gasteiger charge is -2.29. The van der Waals surface area contributed by atoms with Gasteiger partial charge in [0.25, 0.3) is 0 Å². The second-order valence-electron chi connectivity index (χ2n) is 12.6. The quantitative estimate of drug-likeness (QED) is 0.0361. The Morgan fingerprint density at radius 2 is 1.07 bits per heavy atom. The summed E-state index contributed by atoms with van der Waals surface area (Å²) in [5.41, 5.74) is 4.35. The van der Waals surface area contributed by atoms with Crippen molar-refractivity contribution in [3.05, 3.63) is 60.9 Å². The largest absolute Gasteiger partial charge is 0.500 e. The summed E-state index contributed by atoms with van der Waals surface area (Å²) in [6.45, 7) is 14.7. The number of hydrogen-bond acceptors (Lipinski definition) is 11. The predicted octanol–water partition coefficient (Wildman–Crippen LogP) is 7.43. The predicted molar refractivity (Wildman–Crippen MR) is 222 cm³/mol. The Labute approximate surface area is 330 Å². The van der Waals surface area contributed by atoms with Gasteiger partial charge in [0.1, 0.15) is 5.82 Å². The van der Waals surface area contributed by atoms with Crippen LogP contribution < -0.4 is 15.5 Å². The Balaban J connectivity index is 1.37. The number of carbonyl (C=O) groups excluding carboxylic acids is 2. The molecule has 0 radical (unpaired) electrons. The van der Waals surface area contributed by atoms with E-state index < -0.39 is 29.7 Å². The highest BCUT2D eigenvalue weighted by atomic mass is 28.4. The third-order valence-electron chi connectivity index (χ3n) is 8.93. The maximum atomic E-state index is 13.8. The van der Waals surface area contributed by atoms with Crippen LogP contribution in [0.5, 0.6) is 0 Å². The number of amides is 4. The topological polar surface area (TPSA) is 171 Å². The molecule has 0 bridgehead atoms. The van der Waals surface area contributed by atoms with Crippen molar-refractivity contribution in [3.63, 3.8) is 0 Å². The average Bonchev–Trinajstić information content (AvgIpc) is 3.66. The second kappa shape index (κ2) is 20.7. The number of aromatic nitrogens is 4. The van der Waals surface area contributed by atoms with Gasteiger partial charge in [0.05, 0.1) is 27.8 Å². The third-order valence-corrected chi connectivity index (χ3v) is 15.2. The van der Waals surface area contributed by atoms with E-state index in [1.807, 2.05) is 77.9 Å². The van der Waals surface area contributed by atoms with E-state index in [1.165, 1.54) is 0 Å². The summed E-state index contributed by atoms with van der Waals surface area (Å²) in [7, 11) is -5.81. The fourth-order valence-corrected chi connectivity index (χ4v) is 12.0. The molecular weight excluding hydrogens is 751 g/mol. The van der Waals surface area contributed by atoms with Crippen LogP contribution in [0.15, 0.2) is 60.9 Å². The van der Waals surface area contributed by atoms with Crippen LogP contribution in [0.2, 0.25) is 12.1 Å². The SMILES string of the molecule is CCO[Si](CCCNC(=O)N(C(=O)NCCC[Si](OCC)(OCC)OCC)c1ccc(-c2nc3c4cccnc4c4ncccc4c3[nH]2)cc1)(OCC)OCC. The zero-order chi connectivity index (χ0) is 40.0. The zero-order valence-corrected chi connectivity index (χ0v) is 35.3. The number of carbonyl (C=O) groups is 2. The number of H-pyrrole nitrogens is 1. The fraction of sp³-hybridized carbons (Fsp3) is 0.462. The molecule has 5 aromatic rings. The van der Waals surface area contributed by atoms with Gasteiger partial charge in [-0.2, -0.15) is 0 Å². The standard InChI is InChI=1S/C39H55N7O8Si2/c1-7-49-55(50-8-2,51-9-3)27-15-25-42-38(47)46(39(48)43-26-16-28-56(52-10-4,53-11-5)54-12-6)30-21-19-29(20-22-30)37-44-35-31-17-13-23-40-33(31)34-32(36(35)45-37)18-14-24-41-34/h13-14,17-24H,7-12,15-16,25-28H2,1-6H3,(H,42,47)(H,43,48)(H,44,45). The van der Waals surface area contributed by atoms with E-state index in [-0.39, 0.29) is 13.1 Å². The highest BCUT2D eigenvalue weighted by Gasteiger charge is 2.41. The first-order chi connectivity index (χ1) is 27.3. The molecule has 3 aromatic heterocycles. The molecule has 0 spiro atoms. The Kier molecular flexibility index (Phi) is 15.8. The third kappa shape index (κ3) is 10.1. The first-order valence-electron chi connectivity index (χ1n) is 19.6. The maximum Gasteiger partial charge on any atom is 0.500 e. The lowest BCUT2D eigenvalue weighted by atomic mass is 10.1. The molecule has 0 atom stereocenters. The number of rotatable bonds is 22. The van der Waals surface area contributed by atoms with Crippen molar-refractivity contribution in [1.29, 1.82) is 0 Å². The van der Waals surface area contributed by atoms with E-state index in [1.54, 1.807) is 24.5 Å². The van der Waals surface area contributed by atoms with Crippen molar-refractivity contribution in [1.82, 2.24) is 30.6 Å². The molecule has 2 aromatic carbocycles. The van der Waals surface area contributed by atoms with Crippen LogP contribution in [0.25, 0.3) is 44.2 Å². The van der Waals surface area contributed by atoms with Crippen LogP contribution in [-0.2, 0) is 26.6 Å². The van der Waals surface area contributed by atoms with Crippen molar-refractivity contribution in [2.45, 2.75) is 66.5 Å². The first kappa shape index (κ1) is 42.8. The average molecular weight is 806 g/mol. The summed E-state index contributed by atoms with van der Waals surface area (Å²) < 4.78 is 35.9. The monoisotopic (exact) mass is 805 g/mol. The molecule has 0 saturated carbocycles. The van der Waals surface area contributed by atoms with E-state index in [2.05, 4.69) is 25.6 Å². The minimum Gasteiger partial charge on any atom is -0.374 e. The van der Waals surface area contributed by atoms with Crippen LogP contribution >= 0.6 is 0 Å². The fourth-order valence-electron chi connectivity index (χ4n) is 6.74. The summed E-state index contributed by atoms with van der Waals surface area (Å²) in [4.78, 5) is 46.5. The minimum atomic E-state index is -2.91. The molecular formula is C39H55N7O8Si2. The van der Waals surface area contributed by atoms with E-state index in [4.69, 9.17) is 31.5 Å². The first-order valence-corrected chi connectivity index (χ1v) is 23.4. The number of nitrogens with zero attached hydrogens (tertiary/aromatic N) is 4. The summed E-state index contributed by atoms with van der Waals surface area (Å²) >= 11 is 0. The van der Waals surface area contributed by atoms with Crippen molar-refractivity contribution in [3.8, 4) is 11.4 Å². The van der Waals surface area contributed by atoms with Gasteiger partial charge in [0.2, 0.25) is 0 Å². The number of nitrogens with one attached hydrogen (secondary N) is 3. The zero-order valence-electron chi connectivity index (χ0n) is 33.3. The van der Waals surface area contributed by atoms with Crippen molar-refractivity contribution in [2.75, 3.05) is 57.6 Å². The molecule has 3 N–H and O–H groups in total. The highest BCUT2D eigenvalue weighted by molar-refractivity contribution is 6.61. The number of imide groups is 1. The van der Waals surface area contributed by atoms with E-state index in [0.717, 1.165) is 43.3 Å². The van der Waals surface area contributed by atoms with Crippen LogP contribution in [0, 0.1) is 0 Å². The van der Waals surface area contributed by atoms with Gasteiger partial charge < -0.3 is 42.2 Å². The van der Waals surface area contributed by atoms with Crippen LogP contribution in [-0.4, -0.2) is 102 Å². The van der Waals surface area contributed by atoms with E-state index in [0.29, 0.717) is 76.1 Å². The number of benzene rings is 2. The van der Waals surface area contributed by atoms with Crippen LogP contribution in [0.1, 0.15) is 54.4 Å². The second-order valence-corrected chi connectivity index (χ2v) is 18.1. The number of imidazole rings is 1. The molecule has 0 saturated heterocycles. The van der Waals surface area contributed by atoms with E-state index in [9.17, 15) is 9.59 Å². The summed E-state index contributed by atoms with van der Waals surface area (Å²) in [5, 5.41) is 7.65. The molecule has 302 valence electrons. The van der Waals surface area contributed by atoms with Crippen LogP contribution in [0.4, 0.5) is 15.3 Å². The molecule has 3 heterocycles. The van der Waals surface area contributed by atoms with Gasteiger partial charge in [-0.3, -0.25) is 9.97 Å². The number of aromatic amines is 1.